The number of hydrogen-bond acceptors (Lipinski definition) is 9. The number of imide groups is 1. The molecule has 2 aliphatic rings. The van der Waals surface area contributed by atoms with E-state index in [0.717, 1.165) is 0 Å². The summed E-state index contributed by atoms with van der Waals surface area (Å²) in [4.78, 5) is 56.9. The van der Waals surface area contributed by atoms with Gasteiger partial charge in [0.05, 0.1) is 11.1 Å². The van der Waals surface area contributed by atoms with Gasteiger partial charge in [0.25, 0.3) is 11.4 Å². The predicted octanol–water partition coefficient (Wildman–Crippen LogP) is 1.99. The number of aryl methyl sites for hydroxylation is 1. The molecule has 0 aliphatic carbocycles. The minimum absolute atomic E-state index is 0.0249. The lowest BCUT2D eigenvalue weighted by molar-refractivity contribution is -0.146. The Kier molecular flexibility index (Phi) is 6.62. The molecule has 0 bridgehead atoms. The smallest absolute Gasteiger partial charge is 0.355 e. The molecular weight excluding hydrogens is 559 g/mol. The first kappa shape index (κ1) is 27.3. The number of nitrogens with zero attached hydrogens (tertiary/aromatic N) is 7. The van der Waals surface area contributed by atoms with E-state index in [0.29, 0.717) is 42.0 Å². The lowest BCUT2D eigenvalue weighted by Gasteiger charge is -2.32. The van der Waals surface area contributed by atoms with E-state index in [1.165, 1.54) is 10.6 Å². The van der Waals surface area contributed by atoms with Gasteiger partial charge in [-0.25, -0.2) is 4.98 Å². The molecule has 4 aromatic rings. The van der Waals surface area contributed by atoms with Crippen molar-refractivity contribution in [3.8, 4) is 0 Å². The van der Waals surface area contributed by atoms with Gasteiger partial charge in [-0.3, -0.25) is 29.1 Å². The Labute approximate surface area is 234 Å². The average Bonchev–Trinajstić information content (AvgIpc) is 3.39. The fourth-order valence-corrected chi connectivity index (χ4v) is 5.46. The van der Waals surface area contributed by atoms with E-state index in [9.17, 15) is 32.3 Å². The molecule has 2 fully saturated rings. The van der Waals surface area contributed by atoms with E-state index in [2.05, 4.69) is 30.9 Å². The van der Waals surface area contributed by atoms with Crippen molar-refractivity contribution in [2.45, 2.75) is 44.8 Å². The van der Waals surface area contributed by atoms with Crippen LogP contribution >= 0.6 is 0 Å². The normalized spacial score (nSPS) is 18.5. The summed E-state index contributed by atoms with van der Waals surface area (Å²) < 4.78 is 41.7. The Hall–Kier alpha value is -4.89. The van der Waals surface area contributed by atoms with Crippen LogP contribution < -0.4 is 21.1 Å². The van der Waals surface area contributed by atoms with Crippen LogP contribution in [0.2, 0.25) is 0 Å². The Morgan fingerprint density at radius 1 is 1.05 bits per heavy atom. The minimum Gasteiger partial charge on any atom is -0.355 e. The van der Waals surface area contributed by atoms with Crippen LogP contribution in [0.4, 0.5) is 24.7 Å². The van der Waals surface area contributed by atoms with Gasteiger partial charge in [0.2, 0.25) is 17.7 Å². The molecule has 3 amide bonds. The van der Waals surface area contributed by atoms with Gasteiger partial charge in [0.1, 0.15) is 23.2 Å². The molecule has 42 heavy (non-hydrogen) atoms. The van der Waals surface area contributed by atoms with E-state index < -0.39 is 41.3 Å². The van der Waals surface area contributed by atoms with Crippen LogP contribution in [0.5, 0.6) is 0 Å². The van der Waals surface area contributed by atoms with E-state index >= 15 is 0 Å². The van der Waals surface area contributed by atoms with E-state index in [1.54, 1.807) is 36.1 Å². The van der Waals surface area contributed by atoms with Gasteiger partial charge >= 0.3 is 6.18 Å². The van der Waals surface area contributed by atoms with Gasteiger partial charge in [-0.2, -0.15) is 17.7 Å². The van der Waals surface area contributed by atoms with Gasteiger partial charge in [-0.15, -0.1) is 15.3 Å². The first-order valence-electron chi connectivity index (χ1n) is 13.2. The molecular formula is C26H24F3N9O4. The van der Waals surface area contributed by atoms with E-state index in [-0.39, 0.29) is 41.1 Å². The van der Waals surface area contributed by atoms with Crippen molar-refractivity contribution in [2.24, 2.45) is 5.92 Å². The SMILES string of the molecule is Cc1nc2c(NC(=O)C3CCN(c4ccc5nnc(C(F)(F)F)n5n4)CC3)cccc2c(=O)n1C1CCC(=O)NC1=O. The summed E-state index contributed by atoms with van der Waals surface area (Å²) in [5.74, 6) is -2.27. The van der Waals surface area contributed by atoms with Crippen LogP contribution in [0.15, 0.2) is 35.1 Å². The maximum absolute atomic E-state index is 13.4. The Morgan fingerprint density at radius 2 is 1.81 bits per heavy atom. The zero-order chi connectivity index (χ0) is 29.8. The minimum atomic E-state index is -4.71. The molecule has 0 radical (unpaired) electrons. The molecule has 3 aromatic heterocycles. The molecule has 1 aromatic carbocycles. The zero-order valence-electron chi connectivity index (χ0n) is 22.2. The molecule has 218 valence electrons. The Bertz CT molecular complexity index is 1810. The maximum Gasteiger partial charge on any atom is 0.453 e. The number of halogens is 3. The second-order valence-electron chi connectivity index (χ2n) is 10.2. The molecule has 0 spiro atoms. The molecule has 1 unspecified atom stereocenters. The van der Waals surface area contributed by atoms with Crippen LogP contribution in [-0.2, 0) is 20.6 Å². The van der Waals surface area contributed by atoms with Crippen molar-refractivity contribution in [1.82, 2.24) is 34.7 Å². The summed E-state index contributed by atoms with van der Waals surface area (Å²) in [6.07, 6.45) is -3.59. The Morgan fingerprint density at radius 3 is 2.52 bits per heavy atom. The summed E-state index contributed by atoms with van der Waals surface area (Å²) in [6.45, 7) is 2.34. The van der Waals surface area contributed by atoms with Gasteiger partial charge < -0.3 is 10.2 Å². The van der Waals surface area contributed by atoms with Crippen LogP contribution in [-0.4, -0.2) is 60.2 Å². The molecule has 6 rings (SSSR count). The highest BCUT2D eigenvalue weighted by Gasteiger charge is 2.38. The van der Waals surface area contributed by atoms with Crippen molar-refractivity contribution in [2.75, 3.05) is 23.3 Å². The zero-order valence-corrected chi connectivity index (χ0v) is 22.2. The van der Waals surface area contributed by atoms with Crippen molar-refractivity contribution < 1.29 is 27.6 Å². The molecule has 2 saturated heterocycles. The fraction of sp³-hybridized carbons (Fsp3) is 0.385. The number of hydrogen-bond donors (Lipinski definition) is 2. The maximum atomic E-state index is 13.4. The average molecular weight is 584 g/mol. The van der Waals surface area contributed by atoms with Crippen molar-refractivity contribution >= 4 is 45.8 Å². The number of fused-ring (bicyclic) bond motifs is 2. The third-order valence-electron chi connectivity index (χ3n) is 7.58. The number of aromatic nitrogens is 6. The summed E-state index contributed by atoms with van der Waals surface area (Å²) in [5.41, 5.74) is 0.141. The molecule has 16 heteroatoms. The molecule has 1 atom stereocenters. The van der Waals surface area contributed by atoms with Crippen LogP contribution in [0, 0.1) is 12.8 Å². The summed E-state index contributed by atoms with van der Waals surface area (Å²) in [7, 11) is 0. The molecule has 5 heterocycles. The lowest BCUT2D eigenvalue weighted by atomic mass is 9.95. The van der Waals surface area contributed by atoms with Gasteiger partial charge in [0.15, 0.2) is 5.65 Å². The molecule has 2 aliphatic heterocycles. The number of piperidine rings is 2. The first-order chi connectivity index (χ1) is 20.0. The lowest BCUT2D eigenvalue weighted by Crippen LogP contribution is -2.45. The number of alkyl halides is 3. The van der Waals surface area contributed by atoms with E-state index in [4.69, 9.17) is 0 Å². The summed E-state index contributed by atoms with van der Waals surface area (Å²) in [5, 5.41) is 16.1. The second-order valence-corrected chi connectivity index (χ2v) is 10.2. The van der Waals surface area contributed by atoms with Gasteiger partial charge in [-0.1, -0.05) is 6.07 Å². The summed E-state index contributed by atoms with van der Waals surface area (Å²) >= 11 is 0. The van der Waals surface area contributed by atoms with Crippen LogP contribution in [0.25, 0.3) is 16.6 Å². The Balaban J connectivity index is 1.18. The van der Waals surface area contributed by atoms with Crippen molar-refractivity contribution in [3.63, 3.8) is 0 Å². The quantitative estimate of drug-likeness (QED) is 0.343. The van der Waals surface area contributed by atoms with E-state index in [1.807, 2.05) is 0 Å². The highest BCUT2D eigenvalue weighted by atomic mass is 19.4. The highest BCUT2D eigenvalue weighted by molar-refractivity contribution is 6.02. The van der Waals surface area contributed by atoms with Crippen LogP contribution in [0.1, 0.15) is 43.4 Å². The number of rotatable bonds is 4. The standard InChI is InChI=1S/C26H24F3N9O4/c1-13-30-21-15(24(42)37(13)17-5-8-20(39)32-23(17)41)3-2-4-16(21)31-22(40)14-9-11-36(12-10-14)19-7-6-18-33-34-25(26(27,28)29)38(18)35-19/h2-4,6-7,14,17H,5,8-12H2,1H3,(H,31,40)(H,32,39,41). The highest BCUT2D eigenvalue weighted by Crippen LogP contribution is 2.29. The number of carbonyl (C=O) groups is 3. The predicted molar refractivity (Wildman–Crippen MR) is 142 cm³/mol. The van der Waals surface area contributed by atoms with Gasteiger partial charge in [0, 0.05) is 25.4 Å². The number of carbonyl (C=O) groups excluding carboxylic acids is 3. The number of anilines is 2. The molecule has 13 nitrogen and oxygen atoms in total. The number of para-hydroxylation sites is 1. The number of benzene rings is 1. The van der Waals surface area contributed by atoms with Crippen LogP contribution in [0.3, 0.4) is 0 Å². The molecule has 2 N–H and O–H groups in total. The first-order valence-corrected chi connectivity index (χ1v) is 13.2. The number of nitrogens with one attached hydrogen (secondary N) is 2. The topological polar surface area (TPSA) is 156 Å². The van der Waals surface area contributed by atoms with Crippen molar-refractivity contribution in [1.29, 1.82) is 0 Å². The third kappa shape index (κ3) is 4.81. The van der Waals surface area contributed by atoms with Gasteiger partial charge in [-0.05, 0) is 50.5 Å². The largest absolute Gasteiger partial charge is 0.453 e. The monoisotopic (exact) mass is 583 g/mol. The summed E-state index contributed by atoms with van der Waals surface area (Å²) in [6, 6.07) is 6.91. The fourth-order valence-electron chi connectivity index (χ4n) is 5.46. The molecule has 0 saturated carbocycles. The second kappa shape index (κ2) is 10.2. The third-order valence-corrected chi connectivity index (χ3v) is 7.58. The van der Waals surface area contributed by atoms with Crippen molar-refractivity contribution in [3.05, 3.63) is 52.3 Å². The number of amides is 3.